The second-order valence-electron chi connectivity index (χ2n) is 2.66. The van der Waals surface area contributed by atoms with E-state index in [2.05, 4.69) is 11.1 Å². The molecular formula is C8H9NOSi. The number of aromatic nitrogens is 1. The summed E-state index contributed by atoms with van der Waals surface area (Å²) in [6, 6.07) is 6.08. The number of para-hydroxylation sites is 1. The molecule has 0 saturated heterocycles. The standard InChI is InChI=1S/C8H9NOSi/c1-5-9-6-3-2-4-7(11)8(6)10-5/h2-4H,1,11H3. The van der Waals surface area contributed by atoms with Crippen LogP contribution in [0.25, 0.3) is 11.1 Å². The summed E-state index contributed by atoms with van der Waals surface area (Å²) >= 11 is 0. The van der Waals surface area contributed by atoms with Gasteiger partial charge in [-0.25, -0.2) is 4.98 Å². The first kappa shape index (κ1) is 6.61. The molecule has 2 rings (SSSR count). The zero-order valence-corrected chi connectivity index (χ0v) is 8.59. The Morgan fingerprint density at radius 3 is 3.00 bits per heavy atom. The summed E-state index contributed by atoms with van der Waals surface area (Å²) in [5, 5.41) is 1.28. The molecule has 2 nitrogen and oxygen atoms in total. The summed E-state index contributed by atoms with van der Waals surface area (Å²) in [6.45, 7) is 1.88. The van der Waals surface area contributed by atoms with Gasteiger partial charge in [0, 0.05) is 17.2 Å². The number of fused-ring (bicyclic) bond motifs is 1. The van der Waals surface area contributed by atoms with Crippen LogP contribution < -0.4 is 5.19 Å². The predicted octanol–water partition coefficient (Wildman–Crippen LogP) is 0.127. The average molecular weight is 163 g/mol. The van der Waals surface area contributed by atoms with Crippen molar-refractivity contribution in [2.24, 2.45) is 0 Å². The third-order valence-electron chi connectivity index (χ3n) is 1.72. The van der Waals surface area contributed by atoms with E-state index < -0.39 is 0 Å². The minimum Gasteiger partial charge on any atom is -0.441 e. The number of rotatable bonds is 0. The highest BCUT2D eigenvalue weighted by molar-refractivity contribution is 6.37. The molecule has 1 heterocycles. The number of oxazole rings is 1. The number of hydrogen-bond acceptors (Lipinski definition) is 2. The Morgan fingerprint density at radius 1 is 1.45 bits per heavy atom. The molecule has 0 N–H and O–H groups in total. The highest BCUT2D eigenvalue weighted by Gasteiger charge is 2.02. The third kappa shape index (κ3) is 0.972. The smallest absolute Gasteiger partial charge is 0.192 e. The van der Waals surface area contributed by atoms with E-state index in [1.807, 2.05) is 19.1 Å². The topological polar surface area (TPSA) is 26.0 Å². The molecule has 0 aliphatic heterocycles. The van der Waals surface area contributed by atoms with Crippen LogP contribution >= 0.6 is 0 Å². The van der Waals surface area contributed by atoms with Gasteiger partial charge in [0.1, 0.15) is 5.52 Å². The van der Waals surface area contributed by atoms with E-state index in [0.717, 1.165) is 27.2 Å². The minimum atomic E-state index is 0.753. The molecule has 0 aliphatic rings. The zero-order chi connectivity index (χ0) is 7.84. The maximum atomic E-state index is 5.42. The molecule has 0 bridgehead atoms. The molecule has 0 amide bonds. The monoisotopic (exact) mass is 163 g/mol. The van der Waals surface area contributed by atoms with Gasteiger partial charge in [0.25, 0.3) is 0 Å². The molecule has 3 heteroatoms. The van der Waals surface area contributed by atoms with E-state index in [4.69, 9.17) is 4.42 Å². The van der Waals surface area contributed by atoms with E-state index in [1.54, 1.807) is 0 Å². The van der Waals surface area contributed by atoms with Gasteiger partial charge in [-0.1, -0.05) is 12.1 Å². The fourth-order valence-electron chi connectivity index (χ4n) is 1.20. The van der Waals surface area contributed by atoms with Gasteiger partial charge in [0.15, 0.2) is 11.5 Å². The second-order valence-corrected chi connectivity index (χ2v) is 3.73. The maximum Gasteiger partial charge on any atom is 0.192 e. The van der Waals surface area contributed by atoms with Crippen LogP contribution in [0.2, 0.25) is 0 Å². The van der Waals surface area contributed by atoms with Crippen molar-refractivity contribution in [2.75, 3.05) is 0 Å². The van der Waals surface area contributed by atoms with Gasteiger partial charge in [-0.3, -0.25) is 0 Å². The van der Waals surface area contributed by atoms with Gasteiger partial charge >= 0.3 is 0 Å². The lowest BCUT2D eigenvalue weighted by Gasteiger charge is -1.89. The Hall–Kier alpha value is -1.09. The Morgan fingerprint density at radius 2 is 2.27 bits per heavy atom. The lowest BCUT2D eigenvalue weighted by molar-refractivity contribution is 0.563. The molecule has 11 heavy (non-hydrogen) atoms. The van der Waals surface area contributed by atoms with Gasteiger partial charge in [0.05, 0.1) is 0 Å². The van der Waals surface area contributed by atoms with Gasteiger partial charge in [-0.2, -0.15) is 0 Å². The van der Waals surface area contributed by atoms with Crippen molar-refractivity contribution >= 4 is 26.5 Å². The van der Waals surface area contributed by atoms with Crippen molar-refractivity contribution in [3.8, 4) is 0 Å². The molecule has 56 valence electrons. The molecule has 2 aromatic rings. The summed E-state index contributed by atoms with van der Waals surface area (Å²) in [5.74, 6) is 0.753. The van der Waals surface area contributed by atoms with Crippen LogP contribution in [0.5, 0.6) is 0 Å². The van der Waals surface area contributed by atoms with Gasteiger partial charge in [-0.05, 0) is 11.3 Å². The van der Waals surface area contributed by atoms with Crippen molar-refractivity contribution in [1.82, 2.24) is 4.98 Å². The number of benzene rings is 1. The molecule has 1 aromatic carbocycles. The molecule has 0 unspecified atom stereocenters. The van der Waals surface area contributed by atoms with Crippen molar-refractivity contribution in [1.29, 1.82) is 0 Å². The van der Waals surface area contributed by atoms with Crippen LogP contribution in [-0.2, 0) is 0 Å². The van der Waals surface area contributed by atoms with E-state index in [0.29, 0.717) is 0 Å². The molecule has 0 spiro atoms. The Kier molecular flexibility index (Phi) is 1.32. The predicted molar refractivity (Wildman–Crippen MR) is 48.3 cm³/mol. The summed E-state index contributed by atoms with van der Waals surface area (Å²) in [4.78, 5) is 4.23. The van der Waals surface area contributed by atoms with Gasteiger partial charge in [0.2, 0.25) is 0 Å². The Bertz CT molecular complexity index is 394. The fraction of sp³-hybridized carbons (Fsp3) is 0.125. The van der Waals surface area contributed by atoms with E-state index in [-0.39, 0.29) is 0 Å². The third-order valence-corrected chi connectivity index (χ3v) is 2.51. The maximum absolute atomic E-state index is 5.42. The fourth-order valence-corrected chi connectivity index (χ4v) is 1.75. The largest absolute Gasteiger partial charge is 0.441 e. The Balaban J connectivity index is 2.90. The van der Waals surface area contributed by atoms with Crippen molar-refractivity contribution < 1.29 is 4.42 Å². The zero-order valence-electron chi connectivity index (χ0n) is 6.59. The average Bonchev–Trinajstić information content (AvgIpc) is 2.31. The lowest BCUT2D eigenvalue weighted by atomic mass is 10.3. The first-order valence-electron chi connectivity index (χ1n) is 3.60. The Labute approximate surface area is 67.7 Å². The molecule has 0 fully saturated rings. The highest BCUT2D eigenvalue weighted by atomic mass is 28.1. The first-order valence-corrected chi connectivity index (χ1v) is 4.60. The van der Waals surface area contributed by atoms with Gasteiger partial charge in [-0.15, -0.1) is 0 Å². The summed E-state index contributed by atoms with van der Waals surface area (Å²) in [5.41, 5.74) is 1.95. The van der Waals surface area contributed by atoms with E-state index in [1.165, 1.54) is 5.19 Å². The van der Waals surface area contributed by atoms with Crippen LogP contribution in [0.4, 0.5) is 0 Å². The van der Waals surface area contributed by atoms with Crippen LogP contribution in [0.3, 0.4) is 0 Å². The van der Waals surface area contributed by atoms with Crippen LogP contribution in [0.1, 0.15) is 5.89 Å². The summed E-state index contributed by atoms with van der Waals surface area (Å²) in [6.07, 6.45) is 0. The SMILES string of the molecule is Cc1nc2cccc([SiH3])c2o1. The van der Waals surface area contributed by atoms with Crippen LogP contribution in [-0.4, -0.2) is 15.2 Å². The number of nitrogens with zero attached hydrogens (tertiary/aromatic N) is 1. The molecular weight excluding hydrogens is 154 g/mol. The van der Waals surface area contributed by atoms with Crippen molar-refractivity contribution in [3.05, 3.63) is 24.1 Å². The molecule has 1 aromatic heterocycles. The van der Waals surface area contributed by atoms with E-state index in [9.17, 15) is 0 Å². The normalized spacial score (nSPS) is 11.0. The number of aryl methyl sites for hydroxylation is 1. The highest BCUT2D eigenvalue weighted by Crippen LogP contribution is 2.10. The molecule has 0 atom stereocenters. The van der Waals surface area contributed by atoms with Crippen molar-refractivity contribution in [3.63, 3.8) is 0 Å². The molecule has 0 radical (unpaired) electrons. The molecule has 0 aliphatic carbocycles. The summed E-state index contributed by atoms with van der Waals surface area (Å²) in [7, 11) is 1.02. The van der Waals surface area contributed by atoms with Crippen molar-refractivity contribution in [2.45, 2.75) is 6.92 Å². The lowest BCUT2D eigenvalue weighted by Crippen LogP contribution is -2.00. The van der Waals surface area contributed by atoms with Gasteiger partial charge < -0.3 is 4.42 Å². The first-order chi connectivity index (χ1) is 5.27. The van der Waals surface area contributed by atoms with Crippen LogP contribution in [0.15, 0.2) is 22.6 Å². The minimum absolute atomic E-state index is 0.753. The quantitative estimate of drug-likeness (QED) is 0.516. The van der Waals surface area contributed by atoms with E-state index >= 15 is 0 Å². The van der Waals surface area contributed by atoms with Crippen LogP contribution in [0, 0.1) is 6.92 Å². The number of hydrogen-bond donors (Lipinski definition) is 0. The second kappa shape index (κ2) is 2.20. The molecule has 0 saturated carbocycles. The summed E-state index contributed by atoms with van der Waals surface area (Å²) < 4.78 is 5.42.